The number of sulfone groups is 1. The van der Waals surface area contributed by atoms with Gasteiger partial charge in [0.1, 0.15) is 11.2 Å². The van der Waals surface area contributed by atoms with E-state index in [1.807, 2.05) is 19.1 Å². The van der Waals surface area contributed by atoms with E-state index in [-0.39, 0.29) is 22.6 Å². The zero-order valence-electron chi connectivity index (χ0n) is 17.9. The predicted octanol–water partition coefficient (Wildman–Crippen LogP) is 3.79. The van der Waals surface area contributed by atoms with E-state index in [2.05, 4.69) is 0 Å². The van der Waals surface area contributed by atoms with Gasteiger partial charge in [-0.15, -0.1) is 0 Å². The van der Waals surface area contributed by atoms with Crippen molar-refractivity contribution in [2.24, 2.45) is 10.9 Å². The fourth-order valence-corrected chi connectivity index (χ4v) is 5.33. The Morgan fingerprint density at radius 3 is 2.47 bits per heavy atom. The molecular weight excluding hydrogens is 400 g/mol. The van der Waals surface area contributed by atoms with E-state index < -0.39 is 15.8 Å². The van der Waals surface area contributed by atoms with Crippen LogP contribution in [0.25, 0.3) is 0 Å². The molecule has 1 saturated carbocycles. The van der Waals surface area contributed by atoms with Gasteiger partial charge in [0.15, 0.2) is 9.84 Å². The number of benzene rings is 1. The minimum atomic E-state index is -3.61. The maximum atomic E-state index is 13.1. The molecule has 6 nitrogen and oxygen atoms in total. The molecule has 0 aliphatic heterocycles. The normalized spacial score (nSPS) is 17.0. The van der Waals surface area contributed by atoms with E-state index in [4.69, 9.17) is 9.73 Å². The second-order valence-corrected chi connectivity index (χ2v) is 10.1. The Hall–Kier alpha value is -2.41. The number of aromatic nitrogens is 1. The molecule has 30 heavy (non-hydrogen) atoms. The van der Waals surface area contributed by atoms with Gasteiger partial charge in [-0.05, 0) is 61.7 Å². The Bertz CT molecular complexity index is 1050. The topological polar surface area (TPSA) is 77.7 Å². The highest BCUT2D eigenvalue weighted by Gasteiger charge is 2.25. The molecule has 7 heteroatoms. The molecule has 1 heterocycles. The van der Waals surface area contributed by atoms with Gasteiger partial charge in [0.05, 0.1) is 29.7 Å². The molecule has 1 fully saturated rings. The van der Waals surface area contributed by atoms with E-state index in [1.165, 1.54) is 30.2 Å². The van der Waals surface area contributed by atoms with Crippen molar-refractivity contribution >= 4 is 15.7 Å². The maximum absolute atomic E-state index is 13.1. The molecule has 3 rings (SSSR count). The van der Waals surface area contributed by atoms with Gasteiger partial charge in [-0.2, -0.15) is 0 Å². The quantitative estimate of drug-likeness (QED) is 0.699. The van der Waals surface area contributed by atoms with Crippen LogP contribution in [0, 0.1) is 12.8 Å². The summed E-state index contributed by atoms with van der Waals surface area (Å²) < 4.78 is 32.2. The van der Waals surface area contributed by atoms with Crippen molar-refractivity contribution in [3.8, 4) is 5.75 Å². The minimum absolute atomic E-state index is 0.184. The largest absolute Gasteiger partial charge is 0.497 e. The molecule has 0 saturated heterocycles. The number of nitrogens with zero attached hydrogens (tertiary/aromatic N) is 2. The van der Waals surface area contributed by atoms with Crippen molar-refractivity contribution in [3.05, 3.63) is 53.6 Å². The van der Waals surface area contributed by atoms with Crippen molar-refractivity contribution in [2.75, 3.05) is 12.9 Å². The highest BCUT2D eigenvalue weighted by molar-refractivity contribution is 7.91. The lowest BCUT2D eigenvalue weighted by molar-refractivity contribution is 0.0850. The molecule has 0 bridgehead atoms. The number of pyridine rings is 1. The van der Waals surface area contributed by atoms with Crippen molar-refractivity contribution in [3.63, 3.8) is 0 Å². The molecule has 1 aromatic carbocycles. The number of aryl methyl sites for hydroxylation is 1. The molecule has 1 unspecified atom stereocenters. The van der Waals surface area contributed by atoms with Crippen molar-refractivity contribution in [1.29, 1.82) is 0 Å². The Labute approximate surface area is 178 Å². The molecule has 2 aromatic rings. The number of hydrogen-bond acceptors (Lipinski definition) is 5. The fourth-order valence-electron chi connectivity index (χ4n) is 3.79. The van der Waals surface area contributed by atoms with Crippen LogP contribution in [-0.4, -0.2) is 37.8 Å². The van der Waals surface area contributed by atoms with Crippen molar-refractivity contribution in [1.82, 2.24) is 4.57 Å². The predicted molar refractivity (Wildman–Crippen MR) is 116 cm³/mol. The van der Waals surface area contributed by atoms with Crippen LogP contribution in [0.5, 0.6) is 5.75 Å². The molecule has 0 N–H and O–H groups in total. The fraction of sp³-hybridized carbons (Fsp3) is 0.478. The number of carbonyl (C=O) groups excluding carboxylic acids is 1. The number of hydrogen-bond donors (Lipinski definition) is 0. The zero-order chi connectivity index (χ0) is 21.7. The first kappa shape index (κ1) is 22.3. The number of carbonyl (C=O) groups is 1. The zero-order valence-corrected chi connectivity index (χ0v) is 18.7. The van der Waals surface area contributed by atoms with Gasteiger partial charge in [-0.25, -0.2) is 8.42 Å². The first-order chi connectivity index (χ1) is 14.3. The smallest absolute Gasteiger partial charge is 0.236 e. The molecule has 0 radical (unpaired) electrons. The van der Waals surface area contributed by atoms with Gasteiger partial charge in [0.2, 0.25) is 5.91 Å². The molecule has 1 aliphatic rings. The molecule has 1 aromatic heterocycles. The van der Waals surface area contributed by atoms with E-state index >= 15 is 0 Å². The average molecular weight is 431 g/mol. The lowest BCUT2D eigenvalue weighted by Gasteiger charge is -2.19. The van der Waals surface area contributed by atoms with Crippen LogP contribution in [0.15, 0.2) is 52.5 Å². The number of methoxy groups -OCH3 is 1. The molecule has 0 amide bonds. The van der Waals surface area contributed by atoms with Crippen LogP contribution in [0.3, 0.4) is 0 Å². The van der Waals surface area contributed by atoms with E-state index in [9.17, 15) is 13.2 Å². The van der Waals surface area contributed by atoms with Crippen LogP contribution < -0.4 is 10.2 Å². The Kier molecular flexibility index (Phi) is 7.13. The average Bonchev–Trinajstić information content (AvgIpc) is 2.74. The van der Waals surface area contributed by atoms with Gasteiger partial charge < -0.3 is 4.74 Å². The standard InChI is InChI=1S/C23H30N2O4S/c1-17-13-14-25(22(15-17)24-19-7-5-4-6-8-19)23(26)18(2)16-30(27,28)21-11-9-20(29-3)10-12-21/h9-15,18-19H,4-8,16H2,1-3H3. The lowest BCUT2D eigenvalue weighted by atomic mass is 9.96. The molecule has 162 valence electrons. The van der Waals surface area contributed by atoms with Crippen LogP contribution >= 0.6 is 0 Å². The van der Waals surface area contributed by atoms with Gasteiger partial charge in [0, 0.05) is 6.20 Å². The van der Waals surface area contributed by atoms with E-state index in [0.29, 0.717) is 11.2 Å². The molecule has 1 atom stereocenters. The summed E-state index contributed by atoms with van der Waals surface area (Å²) in [5, 5.41) is 0. The highest BCUT2D eigenvalue weighted by atomic mass is 32.2. The van der Waals surface area contributed by atoms with E-state index in [0.717, 1.165) is 31.2 Å². The summed E-state index contributed by atoms with van der Waals surface area (Å²) in [4.78, 5) is 18.2. The lowest BCUT2D eigenvalue weighted by Crippen LogP contribution is -2.35. The second kappa shape index (κ2) is 9.60. The van der Waals surface area contributed by atoms with Gasteiger partial charge in [0.25, 0.3) is 0 Å². The van der Waals surface area contributed by atoms with Gasteiger partial charge in [-0.1, -0.05) is 26.2 Å². The Morgan fingerprint density at radius 1 is 1.17 bits per heavy atom. The number of rotatable bonds is 6. The third kappa shape index (κ3) is 5.39. The molecule has 0 spiro atoms. The Balaban J connectivity index is 1.84. The van der Waals surface area contributed by atoms with Crippen LogP contribution in [0.4, 0.5) is 0 Å². The minimum Gasteiger partial charge on any atom is -0.497 e. The van der Waals surface area contributed by atoms with Crippen LogP contribution in [0.2, 0.25) is 0 Å². The third-order valence-electron chi connectivity index (χ3n) is 5.53. The van der Waals surface area contributed by atoms with Gasteiger partial charge in [-0.3, -0.25) is 14.4 Å². The third-order valence-corrected chi connectivity index (χ3v) is 7.46. The first-order valence-electron chi connectivity index (χ1n) is 10.4. The molecule has 1 aliphatic carbocycles. The summed E-state index contributed by atoms with van der Waals surface area (Å²) >= 11 is 0. The second-order valence-electron chi connectivity index (χ2n) is 8.05. The van der Waals surface area contributed by atoms with Crippen molar-refractivity contribution < 1.29 is 17.9 Å². The summed E-state index contributed by atoms with van der Waals surface area (Å²) in [5.41, 5.74) is 1.63. The number of ether oxygens (including phenoxy) is 1. The monoisotopic (exact) mass is 430 g/mol. The first-order valence-corrected chi connectivity index (χ1v) is 12.1. The Morgan fingerprint density at radius 2 is 1.83 bits per heavy atom. The van der Waals surface area contributed by atoms with E-state index in [1.54, 1.807) is 25.3 Å². The van der Waals surface area contributed by atoms with Crippen LogP contribution in [0.1, 0.15) is 49.4 Å². The SMILES string of the molecule is COc1ccc(S(=O)(=O)CC(C)C(=O)n2ccc(C)cc2=NC2CCCCC2)cc1. The molecular formula is C23H30N2O4S. The maximum Gasteiger partial charge on any atom is 0.236 e. The van der Waals surface area contributed by atoms with Crippen molar-refractivity contribution in [2.45, 2.75) is 56.9 Å². The summed E-state index contributed by atoms with van der Waals surface area (Å²) in [6.07, 6.45) is 7.32. The summed E-state index contributed by atoms with van der Waals surface area (Å²) in [6.45, 7) is 3.62. The summed E-state index contributed by atoms with van der Waals surface area (Å²) in [6, 6.07) is 10.2. The summed E-state index contributed by atoms with van der Waals surface area (Å²) in [7, 11) is -2.08. The summed E-state index contributed by atoms with van der Waals surface area (Å²) in [5.74, 6) is -0.643. The van der Waals surface area contributed by atoms with Crippen LogP contribution in [-0.2, 0) is 9.84 Å². The van der Waals surface area contributed by atoms with Gasteiger partial charge >= 0.3 is 0 Å². The highest BCUT2D eigenvalue weighted by Crippen LogP contribution is 2.20.